The monoisotopic (exact) mass is 431 g/mol. The predicted octanol–water partition coefficient (Wildman–Crippen LogP) is 4.35. The van der Waals surface area contributed by atoms with Gasteiger partial charge in [-0.2, -0.15) is 0 Å². The molecule has 0 aliphatic carbocycles. The zero-order chi connectivity index (χ0) is 20.5. The number of benzene rings is 2. The number of amides is 2. The van der Waals surface area contributed by atoms with Gasteiger partial charge in [-0.15, -0.1) is 0 Å². The fourth-order valence-electron chi connectivity index (χ4n) is 3.24. The van der Waals surface area contributed by atoms with Crippen molar-refractivity contribution in [1.29, 1.82) is 0 Å². The summed E-state index contributed by atoms with van der Waals surface area (Å²) in [6, 6.07) is 8.48. The third-order valence-electron chi connectivity index (χ3n) is 4.69. The number of aromatic nitrogens is 1. The summed E-state index contributed by atoms with van der Waals surface area (Å²) in [5, 5.41) is 3.70. The van der Waals surface area contributed by atoms with Crippen molar-refractivity contribution in [3.63, 3.8) is 0 Å². The SMILES string of the molecule is COc1cc2nc(NC(=O)c3ccc(Cl)c(N4CCCC4=O)c3)sc2cc1OC. The maximum Gasteiger partial charge on any atom is 0.257 e. The number of rotatable bonds is 5. The average molecular weight is 432 g/mol. The molecule has 0 spiro atoms. The van der Waals surface area contributed by atoms with Crippen LogP contribution in [0.5, 0.6) is 11.5 Å². The van der Waals surface area contributed by atoms with Gasteiger partial charge in [0.25, 0.3) is 5.91 Å². The Morgan fingerprint density at radius 2 is 1.97 bits per heavy atom. The van der Waals surface area contributed by atoms with Gasteiger partial charge in [0.1, 0.15) is 0 Å². The summed E-state index contributed by atoms with van der Waals surface area (Å²) in [7, 11) is 3.12. The lowest BCUT2D eigenvalue weighted by molar-refractivity contribution is -0.117. The second kappa shape index (κ2) is 7.88. The van der Waals surface area contributed by atoms with E-state index in [1.807, 2.05) is 6.07 Å². The lowest BCUT2D eigenvalue weighted by Crippen LogP contribution is -2.24. The fraction of sp³-hybridized carbons (Fsp3) is 0.250. The zero-order valence-corrected chi connectivity index (χ0v) is 17.4. The van der Waals surface area contributed by atoms with Gasteiger partial charge in [0.15, 0.2) is 16.6 Å². The number of ether oxygens (including phenoxy) is 2. The summed E-state index contributed by atoms with van der Waals surface area (Å²) in [6.45, 7) is 0.602. The number of hydrogen-bond donors (Lipinski definition) is 1. The van der Waals surface area contributed by atoms with E-state index in [2.05, 4.69) is 10.3 Å². The van der Waals surface area contributed by atoms with Gasteiger partial charge in [-0.1, -0.05) is 22.9 Å². The lowest BCUT2D eigenvalue weighted by Gasteiger charge is -2.18. The Kier molecular flexibility index (Phi) is 5.29. The van der Waals surface area contributed by atoms with E-state index >= 15 is 0 Å². The van der Waals surface area contributed by atoms with E-state index in [1.165, 1.54) is 11.3 Å². The van der Waals surface area contributed by atoms with Crippen molar-refractivity contribution < 1.29 is 19.1 Å². The fourth-order valence-corrected chi connectivity index (χ4v) is 4.33. The van der Waals surface area contributed by atoms with Crippen LogP contribution in [0.3, 0.4) is 0 Å². The third-order valence-corrected chi connectivity index (χ3v) is 5.94. The number of carbonyl (C=O) groups is 2. The van der Waals surface area contributed by atoms with E-state index in [1.54, 1.807) is 43.4 Å². The van der Waals surface area contributed by atoms with Gasteiger partial charge in [-0.25, -0.2) is 4.98 Å². The Bertz CT molecular complexity index is 1070. The Morgan fingerprint density at radius 1 is 1.21 bits per heavy atom. The Morgan fingerprint density at radius 3 is 2.66 bits per heavy atom. The summed E-state index contributed by atoms with van der Waals surface area (Å²) in [5.74, 6) is 0.853. The van der Waals surface area contributed by atoms with Crippen molar-refractivity contribution in [3.8, 4) is 11.5 Å². The average Bonchev–Trinajstić information content (AvgIpc) is 3.31. The molecule has 2 heterocycles. The number of fused-ring (bicyclic) bond motifs is 1. The molecule has 7 nitrogen and oxygen atoms in total. The Balaban J connectivity index is 1.60. The van der Waals surface area contributed by atoms with Gasteiger partial charge in [0.2, 0.25) is 5.91 Å². The smallest absolute Gasteiger partial charge is 0.257 e. The number of carbonyl (C=O) groups excluding carboxylic acids is 2. The van der Waals surface area contributed by atoms with Crippen LogP contribution >= 0.6 is 22.9 Å². The van der Waals surface area contributed by atoms with Gasteiger partial charge in [-0.3, -0.25) is 14.9 Å². The van der Waals surface area contributed by atoms with E-state index in [9.17, 15) is 9.59 Å². The first-order valence-corrected chi connectivity index (χ1v) is 10.1. The van der Waals surface area contributed by atoms with E-state index in [0.29, 0.717) is 51.4 Å². The molecule has 29 heavy (non-hydrogen) atoms. The molecule has 3 aromatic rings. The first-order chi connectivity index (χ1) is 14.0. The molecule has 0 radical (unpaired) electrons. The molecule has 0 unspecified atom stereocenters. The number of hydrogen-bond acceptors (Lipinski definition) is 6. The summed E-state index contributed by atoms with van der Waals surface area (Å²) in [6.07, 6.45) is 1.27. The minimum atomic E-state index is -0.326. The van der Waals surface area contributed by atoms with E-state index < -0.39 is 0 Å². The molecule has 1 aliphatic heterocycles. The lowest BCUT2D eigenvalue weighted by atomic mass is 10.1. The van der Waals surface area contributed by atoms with E-state index in [-0.39, 0.29) is 11.8 Å². The number of anilines is 2. The second-order valence-electron chi connectivity index (χ2n) is 6.46. The van der Waals surface area contributed by atoms with Crippen LogP contribution in [0.25, 0.3) is 10.2 Å². The van der Waals surface area contributed by atoms with Gasteiger partial charge < -0.3 is 14.4 Å². The highest BCUT2D eigenvalue weighted by molar-refractivity contribution is 7.22. The van der Waals surface area contributed by atoms with Crippen molar-refractivity contribution in [2.75, 3.05) is 31.0 Å². The van der Waals surface area contributed by atoms with E-state index in [4.69, 9.17) is 21.1 Å². The molecule has 1 fully saturated rings. The van der Waals surface area contributed by atoms with Gasteiger partial charge in [-0.05, 0) is 24.6 Å². The maximum absolute atomic E-state index is 12.8. The number of nitrogens with zero attached hydrogens (tertiary/aromatic N) is 2. The highest BCUT2D eigenvalue weighted by Crippen LogP contribution is 2.36. The molecule has 1 aliphatic rings. The second-order valence-corrected chi connectivity index (χ2v) is 7.90. The van der Waals surface area contributed by atoms with Crippen LogP contribution in [-0.2, 0) is 4.79 Å². The van der Waals surface area contributed by atoms with Crippen molar-refractivity contribution in [2.24, 2.45) is 0 Å². The molecular formula is C20H18ClN3O4S. The number of thiazole rings is 1. The molecule has 2 aromatic carbocycles. The molecule has 1 aromatic heterocycles. The topological polar surface area (TPSA) is 80.8 Å². The number of halogens is 1. The molecule has 4 rings (SSSR count). The van der Waals surface area contributed by atoms with Crippen LogP contribution in [0.1, 0.15) is 23.2 Å². The minimum Gasteiger partial charge on any atom is -0.493 e. The highest BCUT2D eigenvalue weighted by Gasteiger charge is 2.24. The van der Waals surface area contributed by atoms with Crippen LogP contribution in [0.2, 0.25) is 5.02 Å². The predicted molar refractivity (Wildman–Crippen MR) is 114 cm³/mol. The van der Waals surface area contributed by atoms with Crippen LogP contribution < -0.4 is 19.7 Å². The Hall–Kier alpha value is -2.84. The molecule has 1 N–H and O–H groups in total. The summed E-state index contributed by atoms with van der Waals surface area (Å²) in [5.41, 5.74) is 1.65. The maximum atomic E-state index is 12.8. The van der Waals surface area contributed by atoms with Crippen LogP contribution in [0.15, 0.2) is 30.3 Å². The van der Waals surface area contributed by atoms with Crippen LogP contribution in [0.4, 0.5) is 10.8 Å². The van der Waals surface area contributed by atoms with Crippen molar-refractivity contribution in [1.82, 2.24) is 4.98 Å². The Labute approximate surface area is 176 Å². The quantitative estimate of drug-likeness (QED) is 0.649. The molecule has 0 bridgehead atoms. The first-order valence-electron chi connectivity index (χ1n) is 8.94. The molecular weight excluding hydrogens is 414 g/mol. The van der Waals surface area contributed by atoms with Crippen molar-refractivity contribution in [2.45, 2.75) is 12.8 Å². The van der Waals surface area contributed by atoms with Crippen molar-refractivity contribution >= 4 is 55.8 Å². The van der Waals surface area contributed by atoms with E-state index in [0.717, 1.165) is 11.1 Å². The summed E-state index contributed by atoms with van der Waals surface area (Å²) in [4.78, 5) is 30.9. The van der Waals surface area contributed by atoms with Crippen LogP contribution in [0, 0.1) is 0 Å². The summed E-state index contributed by atoms with van der Waals surface area (Å²) < 4.78 is 11.5. The molecule has 9 heteroatoms. The minimum absolute atomic E-state index is 0.0125. The largest absolute Gasteiger partial charge is 0.493 e. The van der Waals surface area contributed by atoms with Crippen molar-refractivity contribution in [3.05, 3.63) is 40.9 Å². The molecule has 150 valence electrons. The van der Waals surface area contributed by atoms with Crippen LogP contribution in [-0.4, -0.2) is 37.6 Å². The first kappa shape index (κ1) is 19.5. The van der Waals surface area contributed by atoms with Gasteiger partial charge >= 0.3 is 0 Å². The summed E-state index contributed by atoms with van der Waals surface area (Å²) >= 11 is 7.59. The molecule has 0 saturated carbocycles. The zero-order valence-electron chi connectivity index (χ0n) is 15.8. The number of nitrogens with one attached hydrogen (secondary N) is 1. The standard InChI is InChI=1S/C20H18ClN3O4S/c1-27-15-9-13-17(10-16(15)28-2)29-20(22-13)23-19(26)11-5-6-12(21)14(8-11)24-7-3-4-18(24)25/h5-6,8-10H,3-4,7H2,1-2H3,(H,22,23,26). The van der Waals surface area contributed by atoms with Gasteiger partial charge in [0.05, 0.1) is 35.1 Å². The molecule has 1 saturated heterocycles. The number of methoxy groups -OCH3 is 2. The molecule has 0 atom stereocenters. The third kappa shape index (κ3) is 3.73. The molecule has 2 amide bonds. The van der Waals surface area contributed by atoms with Gasteiger partial charge in [0, 0.05) is 30.7 Å². The highest BCUT2D eigenvalue weighted by atomic mass is 35.5. The normalized spacial score (nSPS) is 13.8.